The summed E-state index contributed by atoms with van der Waals surface area (Å²) in [5.41, 5.74) is 2.86. The van der Waals surface area contributed by atoms with Crippen molar-refractivity contribution >= 4 is 25.5 Å². The van der Waals surface area contributed by atoms with Crippen molar-refractivity contribution in [1.29, 1.82) is 0 Å². The van der Waals surface area contributed by atoms with Crippen LogP contribution < -0.4 is 5.32 Å². The molecule has 40 heavy (non-hydrogen) atoms. The second kappa shape index (κ2) is 12.9. The first-order valence-electron chi connectivity index (χ1n) is 12.8. The molecule has 11 nitrogen and oxygen atoms in total. The number of amides is 3. The van der Waals surface area contributed by atoms with Crippen LogP contribution >= 0.6 is 7.60 Å². The summed E-state index contributed by atoms with van der Waals surface area (Å²) in [5.74, 6) is -1.39. The highest BCUT2D eigenvalue weighted by molar-refractivity contribution is 7.51. The van der Waals surface area contributed by atoms with Crippen LogP contribution in [0, 0.1) is 0 Å². The van der Waals surface area contributed by atoms with Gasteiger partial charge in [-0.1, -0.05) is 60.7 Å². The predicted octanol–water partition coefficient (Wildman–Crippen LogP) is 2.99. The molecule has 0 bridgehead atoms. The first-order valence-corrected chi connectivity index (χ1v) is 14.6. The van der Waals surface area contributed by atoms with E-state index in [1.54, 1.807) is 13.0 Å². The summed E-state index contributed by atoms with van der Waals surface area (Å²) in [6.07, 6.45) is -1.37. The van der Waals surface area contributed by atoms with E-state index in [1.807, 2.05) is 66.7 Å². The Morgan fingerprint density at radius 3 is 2.05 bits per heavy atom. The molecule has 3 N–H and O–H groups in total. The molecule has 1 aliphatic rings. The van der Waals surface area contributed by atoms with Gasteiger partial charge in [-0.2, -0.15) is 0 Å². The molecule has 0 spiro atoms. The maximum atomic E-state index is 13.4. The van der Waals surface area contributed by atoms with Gasteiger partial charge in [0.2, 0.25) is 5.91 Å². The normalized spacial score (nSPS) is 14.4. The lowest BCUT2D eigenvalue weighted by Crippen LogP contribution is -2.56. The third-order valence-corrected chi connectivity index (χ3v) is 7.22. The number of ether oxygens (including phenoxy) is 1. The Balaban J connectivity index is 1.59. The van der Waals surface area contributed by atoms with E-state index in [0.29, 0.717) is 11.3 Å². The fourth-order valence-electron chi connectivity index (χ4n) is 4.40. The van der Waals surface area contributed by atoms with Crippen molar-refractivity contribution in [2.45, 2.75) is 13.0 Å². The molecule has 0 aliphatic carbocycles. The minimum Gasteiger partial charge on any atom is -0.450 e. The van der Waals surface area contributed by atoms with Gasteiger partial charge in [-0.3, -0.25) is 14.2 Å². The van der Waals surface area contributed by atoms with Crippen molar-refractivity contribution in [2.75, 3.05) is 38.9 Å². The summed E-state index contributed by atoms with van der Waals surface area (Å²) in [7, 11) is -4.69. The molecule has 4 rings (SSSR count). The molecule has 1 fully saturated rings. The highest BCUT2D eigenvalue weighted by Crippen LogP contribution is 2.35. The van der Waals surface area contributed by atoms with E-state index in [1.165, 1.54) is 9.80 Å². The number of hydrogen-bond donors (Lipinski definition) is 3. The fourth-order valence-corrected chi connectivity index (χ4v) is 5.12. The van der Waals surface area contributed by atoms with Gasteiger partial charge in [0.15, 0.2) is 0 Å². The smallest absolute Gasteiger partial charge is 0.409 e. The van der Waals surface area contributed by atoms with Gasteiger partial charge in [0.1, 0.15) is 11.7 Å². The number of nitrogens with one attached hydrogen (secondary N) is 1. The zero-order valence-corrected chi connectivity index (χ0v) is 22.9. The summed E-state index contributed by atoms with van der Waals surface area (Å²) in [5, 5.41) is 2.51. The zero-order chi connectivity index (χ0) is 28.7. The lowest BCUT2D eigenvalue weighted by atomic mass is 10.0. The number of hydrogen-bond acceptors (Lipinski definition) is 6. The number of aromatic nitrogens is 1. The minimum absolute atomic E-state index is 0.00384. The number of piperazine rings is 1. The SMILES string of the molecule is CCOC(=O)N1CCN(C(=O)C(CP(=O)(O)O)NC(=O)c2cc(-c3ccccc3)cc(-c3ccccc3)n2)CC1. The lowest BCUT2D eigenvalue weighted by molar-refractivity contribution is -0.134. The molecule has 3 aromatic rings. The van der Waals surface area contributed by atoms with Gasteiger partial charge in [-0.05, 0) is 30.2 Å². The summed E-state index contributed by atoms with van der Waals surface area (Å²) in [4.78, 5) is 65.5. The second-order valence-corrected chi connectivity index (χ2v) is 10.9. The first kappa shape index (κ1) is 28.9. The van der Waals surface area contributed by atoms with Crippen molar-refractivity contribution in [3.8, 4) is 22.4 Å². The van der Waals surface area contributed by atoms with Gasteiger partial charge in [0.05, 0.1) is 18.5 Å². The fraction of sp³-hybridized carbons (Fsp3) is 0.286. The van der Waals surface area contributed by atoms with E-state index < -0.39 is 37.7 Å². The highest BCUT2D eigenvalue weighted by Gasteiger charge is 2.35. The molecule has 1 aromatic heterocycles. The van der Waals surface area contributed by atoms with Crippen LogP contribution in [-0.4, -0.2) is 87.5 Å². The van der Waals surface area contributed by atoms with Crippen molar-refractivity contribution < 1.29 is 33.5 Å². The molecule has 0 radical (unpaired) electrons. The van der Waals surface area contributed by atoms with Crippen molar-refractivity contribution in [1.82, 2.24) is 20.1 Å². The van der Waals surface area contributed by atoms with E-state index in [9.17, 15) is 28.7 Å². The average molecular weight is 567 g/mol. The molecule has 0 saturated carbocycles. The maximum absolute atomic E-state index is 13.4. The molecule has 1 aliphatic heterocycles. The van der Waals surface area contributed by atoms with Crippen LogP contribution in [0.25, 0.3) is 22.4 Å². The third kappa shape index (κ3) is 7.53. The largest absolute Gasteiger partial charge is 0.450 e. The Labute approximate surface area is 231 Å². The van der Waals surface area contributed by atoms with E-state index in [4.69, 9.17) is 4.74 Å². The highest BCUT2D eigenvalue weighted by atomic mass is 31.2. The van der Waals surface area contributed by atoms with Gasteiger partial charge in [0, 0.05) is 31.7 Å². The van der Waals surface area contributed by atoms with Crippen molar-refractivity contribution in [3.05, 3.63) is 78.5 Å². The molecule has 1 saturated heterocycles. The molecule has 12 heteroatoms. The van der Waals surface area contributed by atoms with Gasteiger partial charge in [0.25, 0.3) is 5.91 Å². The van der Waals surface area contributed by atoms with E-state index >= 15 is 0 Å². The Hall–Kier alpha value is -4.05. The first-order chi connectivity index (χ1) is 19.1. The molecule has 2 aromatic carbocycles. The standard InChI is InChI=1S/C28H31N4O7P/c1-2-39-28(35)32-15-13-31(14-16-32)27(34)25(19-40(36,37)38)30-26(33)24-18-22(20-9-5-3-6-10-20)17-23(29-24)21-11-7-4-8-12-21/h3-12,17-18,25H,2,13-16,19H2,1H3,(H,30,33)(H2,36,37,38). The number of benzene rings is 2. The van der Waals surface area contributed by atoms with Gasteiger partial charge >= 0.3 is 13.7 Å². The predicted molar refractivity (Wildman–Crippen MR) is 148 cm³/mol. The number of carbonyl (C=O) groups is 3. The molecule has 1 atom stereocenters. The quantitative estimate of drug-likeness (QED) is 0.353. The van der Waals surface area contributed by atoms with Gasteiger partial charge in [-0.25, -0.2) is 9.78 Å². The monoisotopic (exact) mass is 566 g/mol. The topological polar surface area (TPSA) is 149 Å². The number of carbonyl (C=O) groups excluding carboxylic acids is 3. The third-order valence-electron chi connectivity index (χ3n) is 6.38. The number of rotatable bonds is 8. The summed E-state index contributed by atoms with van der Waals surface area (Å²) >= 11 is 0. The van der Waals surface area contributed by atoms with Crippen LogP contribution in [0.2, 0.25) is 0 Å². The van der Waals surface area contributed by atoms with E-state index in [2.05, 4.69) is 10.3 Å². The van der Waals surface area contributed by atoms with E-state index in [-0.39, 0.29) is 38.5 Å². The zero-order valence-electron chi connectivity index (χ0n) is 22.0. The van der Waals surface area contributed by atoms with Crippen LogP contribution in [0.1, 0.15) is 17.4 Å². The molecular weight excluding hydrogens is 535 g/mol. The Morgan fingerprint density at radius 1 is 0.900 bits per heavy atom. The Kier molecular flexibility index (Phi) is 9.31. The molecule has 1 unspecified atom stereocenters. The van der Waals surface area contributed by atoms with Gasteiger partial charge in [-0.15, -0.1) is 0 Å². The molecule has 3 amide bonds. The van der Waals surface area contributed by atoms with Crippen LogP contribution in [0.15, 0.2) is 72.8 Å². The van der Waals surface area contributed by atoms with Crippen LogP contribution in [0.5, 0.6) is 0 Å². The average Bonchev–Trinajstić information content (AvgIpc) is 2.96. The van der Waals surface area contributed by atoms with E-state index in [0.717, 1.165) is 11.1 Å². The van der Waals surface area contributed by atoms with Crippen molar-refractivity contribution in [2.24, 2.45) is 0 Å². The Morgan fingerprint density at radius 2 is 1.48 bits per heavy atom. The van der Waals surface area contributed by atoms with Crippen LogP contribution in [0.3, 0.4) is 0 Å². The lowest BCUT2D eigenvalue weighted by Gasteiger charge is -2.36. The minimum atomic E-state index is -4.69. The summed E-state index contributed by atoms with van der Waals surface area (Å²) in [6.45, 7) is 2.57. The van der Waals surface area contributed by atoms with Crippen LogP contribution in [0.4, 0.5) is 4.79 Å². The van der Waals surface area contributed by atoms with Gasteiger partial charge < -0.3 is 29.6 Å². The number of nitrogens with zero attached hydrogens (tertiary/aromatic N) is 3. The molecular formula is C28H31N4O7P. The Bertz CT molecular complexity index is 1330. The maximum Gasteiger partial charge on any atom is 0.409 e. The second-order valence-electron chi connectivity index (χ2n) is 9.24. The number of pyridine rings is 1. The molecule has 210 valence electrons. The van der Waals surface area contributed by atoms with Crippen LogP contribution in [-0.2, 0) is 14.1 Å². The summed E-state index contributed by atoms with van der Waals surface area (Å²) < 4.78 is 16.9. The van der Waals surface area contributed by atoms with Crippen molar-refractivity contribution in [3.63, 3.8) is 0 Å². The summed E-state index contributed by atoms with van der Waals surface area (Å²) in [6, 6.07) is 20.6. The molecule has 2 heterocycles.